The van der Waals surface area contributed by atoms with Crippen molar-refractivity contribution in [3.05, 3.63) is 69.5 Å². The Hall–Kier alpha value is -1.52. The predicted octanol–water partition coefficient (Wildman–Crippen LogP) is 4.76. The van der Waals surface area contributed by atoms with Crippen molar-refractivity contribution in [2.45, 2.75) is 19.9 Å². The highest BCUT2D eigenvalue weighted by molar-refractivity contribution is 6.31. The summed E-state index contributed by atoms with van der Waals surface area (Å²) in [6, 6.07) is 5.57. The molecule has 0 saturated carbocycles. The van der Waals surface area contributed by atoms with Crippen molar-refractivity contribution < 1.29 is 13.2 Å². The van der Waals surface area contributed by atoms with Gasteiger partial charge in [0.25, 0.3) is 0 Å². The fourth-order valence-corrected chi connectivity index (χ4v) is 2.52. The van der Waals surface area contributed by atoms with Crippen LogP contribution in [-0.4, -0.2) is 6.54 Å². The zero-order chi connectivity index (χ0) is 15.6. The molecule has 0 radical (unpaired) electrons. The SMILES string of the molecule is CCNC(c1cc(C)c(F)cc1Cl)c1c(F)cccc1F. The fraction of sp³-hybridized carbons (Fsp3) is 0.250. The molecule has 0 aromatic heterocycles. The average molecular weight is 314 g/mol. The minimum atomic E-state index is -0.775. The third kappa shape index (κ3) is 3.22. The number of rotatable bonds is 4. The lowest BCUT2D eigenvalue weighted by molar-refractivity contribution is 0.509. The average Bonchev–Trinajstić information content (AvgIpc) is 2.42. The van der Waals surface area contributed by atoms with E-state index in [1.54, 1.807) is 6.92 Å². The van der Waals surface area contributed by atoms with Crippen molar-refractivity contribution in [1.82, 2.24) is 5.32 Å². The maximum Gasteiger partial charge on any atom is 0.131 e. The molecule has 0 aliphatic carbocycles. The Morgan fingerprint density at radius 2 is 1.71 bits per heavy atom. The molecule has 0 spiro atoms. The molecule has 2 aromatic rings. The Kier molecular flexibility index (Phi) is 4.91. The van der Waals surface area contributed by atoms with Gasteiger partial charge in [0.05, 0.1) is 6.04 Å². The lowest BCUT2D eigenvalue weighted by atomic mass is 9.96. The highest BCUT2D eigenvalue weighted by atomic mass is 35.5. The molecule has 5 heteroatoms. The van der Waals surface area contributed by atoms with Crippen molar-refractivity contribution in [3.63, 3.8) is 0 Å². The van der Waals surface area contributed by atoms with Crippen molar-refractivity contribution >= 4 is 11.6 Å². The van der Waals surface area contributed by atoms with Gasteiger partial charge in [-0.05, 0) is 48.9 Å². The van der Waals surface area contributed by atoms with E-state index in [2.05, 4.69) is 5.32 Å². The molecule has 0 aliphatic rings. The summed E-state index contributed by atoms with van der Waals surface area (Å²) < 4.78 is 41.6. The molecule has 0 heterocycles. The lowest BCUT2D eigenvalue weighted by Gasteiger charge is -2.22. The second kappa shape index (κ2) is 6.50. The molecular weight excluding hydrogens is 299 g/mol. The Balaban J connectivity index is 2.62. The zero-order valence-corrected chi connectivity index (χ0v) is 12.4. The van der Waals surface area contributed by atoms with E-state index in [1.165, 1.54) is 24.3 Å². The van der Waals surface area contributed by atoms with Crippen molar-refractivity contribution in [2.24, 2.45) is 0 Å². The van der Waals surface area contributed by atoms with E-state index in [0.717, 1.165) is 6.07 Å². The van der Waals surface area contributed by atoms with Crippen LogP contribution in [0.2, 0.25) is 5.02 Å². The Morgan fingerprint density at radius 3 is 2.29 bits per heavy atom. The number of benzene rings is 2. The summed E-state index contributed by atoms with van der Waals surface area (Å²) in [6.45, 7) is 3.87. The summed E-state index contributed by atoms with van der Waals surface area (Å²) in [6.07, 6.45) is 0. The number of halogens is 4. The Morgan fingerprint density at radius 1 is 1.10 bits per heavy atom. The van der Waals surface area contributed by atoms with Gasteiger partial charge in [0, 0.05) is 10.6 Å². The molecule has 112 valence electrons. The van der Waals surface area contributed by atoms with E-state index in [-0.39, 0.29) is 10.6 Å². The molecule has 0 amide bonds. The van der Waals surface area contributed by atoms with Gasteiger partial charge < -0.3 is 5.32 Å². The maximum atomic E-state index is 14.0. The van der Waals surface area contributed by atoms with E-state index in [0.29, 0.717) is 17.7 Å². The van der Waals surface area contributed by atoms with Crippen LogP contribution in [0, 0.1) is 24.4 Å². The molecule has 0 bridgehead atoms. The maximum absolute atomic E-state index is 14.0. The summed E-state index contributed by atoms with van der Waals surface area (Å²) in [7, 11) is 0. The predicted molar refractivity (Wildman–Crippen MR) is 78.0 cm³/mol. The van der Waals surface area contributed by atoms with E-state index in [4.69, 9.17) is 11.6 Å². The van der Waals surface area contributed by atoms with Crippen LogP contribution in [0.5, 0.6) is 0 Å². The van der Waals surface area contributed by atoms with Crippen LogP contribution in [0.4, 0.5) is 13.2 Å². The normalized spacial score (nSPS) is 12.5. The zero-order valence-electron chi connectivity index (χ0n) is 11.7. The first-order chi connectivity index (χ1) is 9.95. The summed E-state index contributed by atoms with van der Waals surface area (Å²) in [5, 5.41) is 3.13. The number of hydrogen-bond donors (Lipinski definition) is 1. The van der Waals surface area contributed by atoms with E-state index >= 15 is 0 Å². The molecular formula is C16H15ClF3N. The monoisotopic (exact) mass is 313 g/mol. The minimum Gasteiger partial charge on any atom is -0.306 e. The van der Waals surface area contributed by atoms with Gasteiger partial charge in [-0.2, -0.15) is 0 Å². The number of nitrogens with one attached hydrogen (secondary N) is 1. The first-order valence-corrected chi connectivity index (χ1v) is 6.96. The van der Waals surface area contributed by atoms with Crippen LogP contribution in [0.25, 0.3) is 0 Å². The van der Waals surface area contributed by atoms with Gasteiger partial charge in [-0.25, -0.2) is 13.2 Å². The third-order valence-corrected chi connectivity index (χ3v) is 3.61. The summed E-state index contributed by atoms with van der Waals surface area (Å²) in [4.78, 5) is 0. The second-order valence-corrected chi connectivity index (χ2v) is 5.16. The highest BCUT2D eigenvalue weighted by Crippen LogP contribution is 2.33. The molecule has 0 saturated heterocycles. The van der Waals surface area contributed by atoms with Gasteiger partial charge in [-0.3, -0.25) is 0 Å². The molecule has 0 aliphatic heterocycles. The molecule has 1 atom stereocenters. The van der Waals surface area contributed by atoms with Gasteiger partial charge in [0.15, 0.2) is 0 Å². The minimum absolute atomic E-state index is 0.118. The Bertz CT molecular complexity index is 638. The lowest BCUT2D eigenvalue weighted by Crippen LogP contribution is -2.24. The molecule has 21 heavy (non-hydrogen) atoms. The van der Waals surface area contributed by atoms with E-state index in [1.807, 2.05) is 6.92 Å². The Labute approximate surface area is 126 Å². The van der Waals surface area contributed by atoms with E-state index in [9.17, 15) is 13.2 Å². The molecule has 1 nitrogen and oxygen atoms in total. The van der Waals surface area contributed by atoms with Crippen molar-refractivity contribution in [3.8, 4) is 0 Å². The summed E-state index contributed by atoms with van der Waals surface area (Å²) in [5.41, 5.74) is 0.697. The summed E-state index contributed by atoms with van der Waals surface area (Å²) in [5.74, 6) is -1.79. The van der Waals surface area contributed by atoms with Crippen molar-refractivity contribution in [2.75, 3.05) is 6.54 Å². The highest BCUT2D eigenvalue weighted by Gasteiger charge is 2.24. The smallest absolute Gasteiger partial charge is 0.131 e. The number of hydrogen-bond acceptors (Lipinski definition) is 1. The summed E-state index contributed by atoms with van der Waals surface area (Å²) >= 11 is 6.06. The first-order valence-electron chi connectivity index (χ1n) is 6.58. The molecule has 1 N–H and O–H groups in total. The van der Waals surface area contributed by atoms with Crippen LogP contribution in [-0.2, 0) is 0 Å². The van der Waals surface area contributed by atoms with Crippen LogP contribution in [0.15, 0.2) is 30.3 Å². The molecule has 2 rings (SSSR count). The van der Waals surface area contributed by atoms with Gasteiger partial charge in [-0.15, -0.1) is 0 Å². The van der Waals surface area contributed by atoms with Crippen molar-refractivity contribution in [1.29, 1.82) is 0 Å². The van der Waals surface area contributed by atoms with Gasteiger partial charge in [0.2, 0.25) is 0 Å². The third-order valence-electron chi connectivity index (χ3n) is 3.29. The van der Waals surface area contributed by atoms with Gasteiger partial charge >= 0.3 is 0 Å². The number of aryl methyl sites for hydroxylation is 1. The standard InChI is InChI=1S/C16H15ClF3N/c1-3-21-16(15-12(18)5-4-6-13(15)19)10-7-9(2)14(20)8-11(10)17/h4-8,16,21H,3H2,1-2H3. The first kappa shape index (κ1) is 15.9. The molecule has 1 unspecified atom stereocenters. The largest absolute Gasteiger partial charge is 0.306 e. The van der Waals surface area contributed by atoms with Crippen LogP contribution < -0.4 is 5.32 Å². The fourth-order valence-electron chi connectivity index (χ4n) is 2.26. The van der Waals surface area contributed by atoms with Crippen LogP contribution in [0.1, 0.15) is 29.7 Å². The quantitative estimate of drug-likeness (QED) is 0.857. The topological polar surface area (TPSA) is 12.0 Å². The van der Waals surface area contributed by atoms with Crippen LogP contribution >= 0.6 is 11.6 Å². The molecule has 0 fully saturated rings. The van der Waals surface area contributed by atoms with E-state index < -0.39 is 23.5 Å². The molecule has 2 aromatic carbocycles. The van der Waals surface area contributed by atoms with Gasteiger partial charge in [-0.1, -0.05) is 24.6 Å². The van der Waals surface area contributed by atoms with Crippen LogP contribution in [0.3, 0.4) is 0 Å². The second-order valence-electron chi connectivity index (χ2n) is 4.75. The van der Waals surface area contributed by atoms with Gasteiger partial charge in [0.1, 0.15) is 17.5 Å².